The summed E-state index contributed by atoms with van der Waals surface area (Å²) >= 11 is 0. The number of methoxy groups -OCH3 is 1. The van der Waals surface area contributed by atoms with Crippen LogP contribution in [0.25, 0.3) is 16.6 Å². The molecule has 4 aromatic rings. The van der Waals surface area contributed by atoms with Crippen LogP contribution in [0.4, 0.5) is 17.6 Å². The van der Waals surface area contributed by atoms with Gasteiger partial charge in [0.25, 0.3) is 0 Å². The first-order valence-corrected chi connectivity index (χ1v) is 11.2. The molecule has 0 saturated heterocycles. The minimum absolute atomic E-state index is 0. The van der Waals surface area contributed by atoms with E-state index in [1.54, 1.807) is 31.2 Å². The number of aromatic nitrogens is 1. The Morgan fingerprint density at radius 1 is 0.949 bits per heavy atom. The maximum Gasteiger partial charge on any atom is 1.00 e. The first kappa shape index (κ1) is 30.0. The Morgan fingerprint density at radius 3 is 2.18 bits per heavy atom. The molecule has 0 fully saturated rings. The number of carbonyl (C=O) groups excluding carboxylic acids is 2. The summed E-state index contributed by atoms with van der Waals surface area (Å²) in [6, 6.07) is 13.0. The molecule has 0 amide bonds. The van der Waals surface area contributed by atoms with Gasteiger partial charge in [-0.1, -0.05) is 0 Å². The molecular formula is C27H20F4NNaO6. The predicted molar refractivity (Wildman–Crippen MR) is 126 cm³/mol. The summed E-state index contributed by atoms with van der Waals surface area (Å²) in [6.07, 6.45) is -6.38. The van der Waals surface area contributed by atoms with Crippen molar-refractivity contribution in [1.82, 2.24) is 4.57 Å². The van der Waals surface area contributed by atoms with Gasteiger partial charge < -0.3 is 28.7 Å². The third kappa shape index (κ3) is 6.55. The Labute approximate surface area is 242 Å². The van der Waals surface area contributed by atoms with Crippen LogP contribution in [0.2, 0.25) is 0 Å². The Hall–Kier alpha value is -3.54. The molecule has 0 aliphatic heterocycles. The molecule has 12 heteroatoms. The molecule has 0 aliphatic rings. The second-order valence-corrected chi connectivity index (χ2v) is 8.30. The van der Waals surface area contributed by atoms with E-state index in [0.29, 0.717) is 5.75 Å². The van der Waals surface area contributed by atoms with Gasteiger partial charge in [-0.25, -0.2) is 4.39 Å². The van der Waals surface area contributed by atoms with E-state index in [2.05, 4.69) is 4.74 Å². The Morgan fingerprint density at radius 2 is 1.59 bits per heavy atom. The van der Waals surface area contributed by atoms with Gasteiger partial charge in [-0.15, -0.1) is 13.2 Å². The maximum absolute atomic E-state index is 14.6. The van der Waals surface area contributed by atoms with Gasteiger partial charge in [-0.3, -0.25) is 4.79 Å². The number of benzene rings is 3. The summed E-state index contributed by atoms with van der Waals surface area (Å²) in [4.78, 5) is 24.6. The standard InChI is InChI=1S/C27H21F4NO6.Na/c1-14-24(25(33)16-4-6-19(36-3)7-5-16)22-9-8-20(38-27(29,30)31)13-23(22)32(14)18-10-17(28)11-21(12-18)37-15(2)26(34)35;/h4-13,15H,1-3H3,(H,34,35);/q;+1/p-1/t15-;/m1./s1. The number of carboxylic acids is 1. The van der Waals surface area contributed by atoms with Gasteiger partial charge in [-0.2, -0.15) is 0 Å². The summed E-state index contributed by atoms with van der Waals surface area (Å²) in [5, 5.41) is 11.4. The SMILES string of the molecule is COc1ccc(C(=O)c2c(C)n(-c3cc(F)cc(O[C@H](C)C(=O)[O-])c3)c3cc(OC(F)(F)F)ccc23)cc1.[Na+]. The van der Waals surface area contributed by atoms with E-state index in [0.717, 1.165) is 24.3 Å². The van der Waals surface area contributed by atoms with Gasteiger partial charge in [0.1, 0.15) is 29.2 Å². The number of ketones is 1. The van der Waals surface area contributed by atoms with Gasteiger partial charge in [0, 0.05) is 34.8 Å². The number of alkyl halides is 3. The molecule has 39 heavy (non-hydrogen) atoms. The number of fused-ring (bicyclic) bond motifs is 1. The fourth-order valence-electron chi connectivity index (χ4n) is 4.10. The predicted octanol–water partition coefficient (Wildman–Crippen LogP) is 1.74. The molecule has 0 spiro atoms. The summed E-state index contributed by atoms with van der Waals surface area (Å²) in [5.74, 6) is -2.96. The number of hydrogen-bond acceptors (Lipinski definition) is 6. The molecule has 1 heterocycles. The third-order valence-electron chi connectivity index (χ3n) is 5.75. The first-order chi connectivity index (χ1) is 17.9. The van der Waals surface area contributed by atoms with Crippen molar-refractivity contribution in [2.75, 3.05) is 7.11 Å². The average Bonchev–Trinajstić information content (AvgIpc) is 3.13. The number of aliphatic carboxylic acids is 1. The van der Waals surface area contributed by atoms with Crippen LogP contribution in [0.1, 0.15) is 28.5 Å². The zero-order valence-corrected chi connectivity index (χ0v) is 23.3. The number of rotatable bonds is 8. The molecule has 4 rings (SSSR count). The molecule has 3 aromatic carbocycles. The topological polar surface area (TPSA) is 89.8 Å². The Kier molecular flexibility index (Phi) is 8.99. The summed E-state index contributed by atoms with van der Waals surface area (Å²) in [7, 11) is 1.47. The van der Waals surface area contributed by atoms with E-state index in [-0.39, 0.29) is 68.7 Å². The van der Waals surface area contributed by atoms with Crippen LogP contribution in [0, 0.1) is 12.7 Å². The molecule has 198 valence electrons. The second-order valence-electron chi connectivity index (χ2n) is 8.30. The van der Waals surface area contributed by atoms with Crippen LogP contribution in [-0.2, 0) is 4.79 Å². The summed E-state index contributed by atoms with van der Waals surface area (Å²) in [5.41, 5.74) is 0.930. The number of ether oxygens (including phenoxy) is 3. The number of halogens is 4. The van der Waals surface area contributed by atoms with E-state index >= 15 is 0 Å². The quantitative estimate of drug-likeness (QED) is 0.188. The maximum atomic E-state index is 14.6. The van der Waals surface area contributed by atoms with Crippen molar-refractivity contribution in [2.24, 2.45) is 0 Å². The third-order valence-corrected chi connectivity index (χ3v) is 5.75. The first-order valence-electron chi connectivity index (χ1n) is 11.2. The minimum atomic E-state index is -4.97. The normalized spacial score (nSPS) is 12.0. The molecule has 0 bridgehead atoms. The van der Waals surface area contributed by atoms with E-state index in [1.165, 1.54) is 30.7 Å². The van der Waals surface area contributed by atoms with Crippen LogP contribution in [0.15, 0.2) is 60.7 Å². The van der Waals surface area contributed by atoms with Crippen LogP contribution in [-0.4, -0.2) is 35.9 Å². The molecule has 1 aromatic heterocycles. The fraction of sp³-hybridized carbons (Fsp3) is 0.185. The van der Waals surface area contributed by atoms with Crippen molar-refractivity contribution in [2.45, 2.75) is 26.3 Å². The monoisotopic (exact) mass is 553 g/mol. The molecule has 0 N–H and O–H groups in total. The molecular weight excluding hydrogens is 533 g/mol. The molecule has 0 saturated carbocycles. The van der Waals surface area contributed by atoms with Gasteiger partial charge in [0.2, 0.25) is 0 Å². The van der Waals surface area contributed by atoms with Crippen LogP contribution in [0.3, 0.4) is 0 Å². The second kappa shape index (κ2) is 11.7. The van der Waals surface area contributed by atoms with Crippen LogP contribution >= 0.6 is 0 Å². The van der Waals surface area contributed by atoms with Crippen molar-refractivity contribution >= 4 is 22.7 Å². The van der Waals surface area contributed by atoms with E-state index in [4.69, 9.17) is 9.47 Å². The van der Waals surface area contributed by atoms with Gasteiger partial charge in [-0.05, 0) is 56.3 Å². The van der Waals surface area contributed by atoms with Crippen molar-refractivity contribution in [3.8, 4) is 22.9 Å². The van der Waals surface area contributed by atoms with Crippen molar-refractivity contribution in [1.29, 1.82) is 0 Å². The molecule has 7 nitrogen and oxygen atoms in total. The molecule has 0 aliphatic carbocycles. The number of nitrogens with zero attached hydrogens (tertiary/aromatic N) is 1. The molecule has 0 unspecified atom stereocenters. The molecule has 1 atom stereocenters. The Balaban J connectivity index is 0.00000420. The zero-order valence-electron chi connectivity index (χ0n) is 21.3. The van der Waals surface area contributed by atoms with Gasteiger partial charge in [0.05, 0.1) is 29.8 Å². The van der Waals surface area contributed by atoms with Crippen molar-refractivity contribution in [3.63, 3.8) is 0 Å². The summed E-state index contributed by atoms with van der Waals surface area (Å²) in [6.45, 7) is 2.75. The fourth-order valence-corrected chi connectivity index (χ4v) is 4.10. The van der Waals surface area contributed by atoms with Gasteiger partial charge >= 0.3 is 35.9 Å². The number of hydrogen-bond donors (Lipinski definition) is 0. The largest absolute Gasteiger partial charge is 1.00 e. The van der Waals surface area contributed by atoms with E-state index in [9.17, 15) is 32.3 Å². The molecule has 0 radical (unpaired) electrons. The van der Waals surface area contributed by atoms with Crippen molar-refractivity contribution < 1.29 is 76.0 Å². The van der Waals surface area contributed by atoms with Gasteiger partial charge in [0.15, 0.2) is 5.78 Å². The van der Waals surface area contributed by atoms with E-state index in [1.807, 2.05) is 0 Å². The smallest absolute Gasteiger partial charge is 0.546 e. The minimum Gasteiger partial charge on any atom is -0.546 e. The zero-order chi connectivity index (χ0) is 27.8. The van der Waals surface area contributed by atoms with Crippen LogP contribution < -0.4 is 48.9 Å². The van der Waals surface area contributed by atoms with E-state index < -0.39 is 35.8 Å². The number of carbonyl (C=O) groups is 2. The Bertz CT molecular complexity index is 1530. The average molecular weight is 553 g/mol. The van der Waals surface area contributed by atoms with Crippen LogP contribution in [0.5, 0.6) is 17.2 Å². The summed E-state index contributed by atoms with van der Waals surface area (Å²) < 4.78 is 69.2. The number of carboxylic acid groups (broad SMARTS) is 1. The van der Waals surface area contributed by atoms with Crippen molar-refractivity contribution in [3.05, 3.63) is 83.3 Å².